The monoisotopic (exact) mass is 643 g/mol. The van der Waals surface area contributed by atoms with Gasteiger partial charge in [-0.1, -0.05) is 147 Å². The van der Waals surface area contributed by atoms with Crippen LogP contribution in [0.4, 0.5) is 17.1 Å². The Balaban J connectivity index is 1.20. The maximum Gasteiger partial charge on any atom is 0.0640 e. The Bertz CT molecular complexity index is 2750. The van der Waals surface area contributed by atoms with Crippen LogP contribution in [0.1, 0.15) is 25.0 Å². The molecule has 0 amide bonds. The van der Waals surface area contributed by atoms with Gasteiger partial charge >= 0.3 is 0 Å². The molecule has 0 saturated carbocycles. The van der Waals surface area contributed by atoms with Crippen LogP contribution in [0.5, 0.6) is 0 Å². The molecule has 9 aromatic rings. The maximum atomic E-state index is 2.51. The highest BCUT2D eigenvalue weighted by Gasteiger charge is 2.37. The lowest BCUT2D eigenvalue weighted by molar-refractivity contribution is 0.660. The molecule has 0 saturated heterocycles. The first-order chi connectivity index (χ1) is 24.1. The second-order valence-corrected chi connectivity index (χ2v) is 14.7. The van der Waals surface area contributed by atoms with Crippen LogP contribution in [-0.4, -0.2) is 0 Å². The van der Waals surface area contributed by atoms with Crippen LogP contribution in [0.2, 0.25) is 0 Å². The number of thiophene rings is 1. The Hall–Kier alpha value is -5.70. The lowest BCUT2D eigenvalue weighted by atomic mass is 9.82. The zero-order valence-corrected chi connectivity index (χ0v) is 28.3. The van der Waals surface area contributed by atoms with E-state index >= 15 is 0 Å². The first kappa shape index (κ1) is 28.3. The van der Waals surface area contributed by atoms with Crippen molar-refractivity contribution in [1.82, 2.24) is 0 Å². The van der Waals surface area contributed by atoms with E-state index in [-0.39, 0.29) is 5.41 Å². The first-order valence-corrected chi connectivity index (χ1v) is 17.8. The molecule has 8 aromatic carbocycles. The second kappa shape index (κ2) is 10.7. The second-order valence-electron chi connectivity index (χ2n) is 13.7. The Labute approximate surface area is 290 Å². The zero-order chi connectivity index (χ0) is 32.7. The number of rotatable bonds is 4. The Morgan fingerprint density at radius 2 is 1.10 bits per heavy atom. The average Bonchev–Trinajstić information content (AvgIpc) is 3.65. The molecule has 232 valence electrons. The average molecular weight is 644 g/mol. The number of hydrogen-bond donors (Lipinski definition) is 0. The summed E-state index contributed by atoms with van der Waals surface area (Å²) in [6, 6.07) is 60.6. The van der Waals surface area contributed by atoms with E-state index in [1.807, 2.05) is 11.3 Å². The van der Waals surface area contributed by atoms with E-state index in [1.54, 1.807) is 0 Å². The molecular formula is C47H33NS. The third-order valence-electron chi connectivity index (χ3n) is 10.7. The molecule has 0 unspecified atom stereocenters. The molecule has 1 nitrogen and oxygen atoms in total. The lowest BCUT2D eigenvalue weighted by Crippen LogP contribution is -2.16. The predicted molar refractivity (Wildman–Crippen MR) is 212 cm³/mol. The van der Waals surface area contributed by atoms with Crippen molar-refractivity contribution in [3.63, 3.8) is 0 Å². The van der Waals surface area contributed by atoms with E-state index in [4.69, 9.17) is 0 Å². The quantitative estimate of drug-likeness (QED) is 0.173. The number of fused-ring (bicyclic) bond motifs is 9. The maximum absolute atomic E-state index is 2.51. The van der Waals surface area contributed by atoms with Crippen LogP contribution in [0.3, 0.4) is 0 Å². The smallest absolute Gasteiger partial charge is 0.0640 e. The summed E-state index contributed by atoms with van der Waals surface area (Å²) in [5, 5.41) is 7.75. The standard InChI is InChI=1S/C47H33NS/c1-47(2)40-19-7-5-15-39(40)45-41(47)20-11-21-42(45)48(43-22-10-18-38-37-14-6-8-23-44(37)49-46(38)43)32-27-24-31(25-28-32)34-16-9-17-35-33-13-4-3-12-30(33)26-29-36(34)35/h3-29H,1-2H3. The van der Waals surface area contributed by atoms with E-state index in [1.165, 1.54) is 86.5 Å². The van der Waals surface area contributed by atoms with Gasteiger partial charge in [-0.05, 0) is 79.7 Å². The third-order valence-corrected chi connectivity index (χ3v) is 11.9. The van der Waals surface area contributed by atoms with Gasteiger partial charge in [0.2, 0.25) is 0 Å². The topological polar surface area (TPSA) is 3.24 Å². The summed E-state index contributed by atoms with van der Waals surface area (Å²) in [5.41, 5.74) is 11.4. The molecule has 0 bridgehead atoms. The van der Waals surface area contributed by atoms with E-state index in [2.05, 4.69) is 183 Å². The molecule has 0 spiro atoms. The van der Waals surface area contributed by atoms with Crippen LogP contribution in [0.15, 0.2) is 164 Å². The van der Waals surface area contributed by atoms with Crippen molar-refractivity contribution < 1.29 is 0 Å². The molecule has 1 aromatic heterocycles. The highest BCUT2D eigenvalue weighted by atomic mass is 32.1. The SMILES string of the molecule is CC1(C)c2ccccc2-c2c(N(c3ccc(-c4cccc5c4ccc4ccccc45)cc3)c3cccc4c3sc3ccccc34)cccc21. The van der Waals surface area contributed by atoms with E-state index in [0.29, 0.717) is 0 Å². The van der Waals surface area contributed by atoms with Gasteiger partial charge in [0.05, 0.1) is 16.1 Å². The van der Waals surface area contributed by atoms with Crippen molar-refractivity contribution in [1.29, 1.82) is 0 Å². The Morgan fingerprint density at radius 3 is 2.00 bits per heavy atom. The van der Waals surface area contributed by atoms with Gasteiger partial charge in [0, 0.05) is 32.1 Å². The van der Waals surface area contributed by atoms with Crippen LogP contribution >= 0.6 is 11.3 Å². The predicted octanol–water partition coefficient (Wildman–Crippen LogP) is 13.8. The summed E-state index contributed by atoms with van der Waals surface area (Å²) in [7, 11) is 0. The summed E-state index contributed by atoms with van der Waals surface area (Å²) in [5.74, 6) is 0. The zero-order valence-electron chi connectivity index (χ0n) is 27.4. The van der Waals surface area contributed by atoms with Crippen molar-refractivity contribution in [2.24, 2.45) is 0 Å². The van der Waals surface area contributed by atoms with Crippen LogP contribution in [0.25, 0.3) is 64.0 Å². The highest BCUT2D eigenvalue weighted by Crippen LogP contribution is 2.55. The summed E-state index contributed by atoms with van der Waals surface area (Å²) in [6.07, 6.45) is 0. The molecule has 0 atom stereocenters. The fourth-order valence-electron chi connectivity index (χ4n) is 8.32. The largest absolute Gasteiger partial charge is 0.308 e. The van der Waals surface area contributed by atoms with Crippen molar-refractivity contribution in [2.45, 2.75) is 19.3 Å². The van der Waals surface area contributed by atoms with Gasteiger partial charge in [0.25, 0.3) is 0 Å². The molecule has 10 rings (SSSR count). The summed E-state index contributed by atoms with van der Waals surface area (Å²) < 4.78 is 2.62. The normalized spacial score (nSPS) is 13.3. The minimum atomic E-state index is -0.0837. The lowest BCUT2D eigenvalue weighted by Gasteiger charge is -2.29. The minimum absolute atomic E-state index is 0.0837. The highest BCUT2D eigenvalue weighted by molar-refractivity contribution is 7.26. The van der Waals surface area contributed by atoms with Gasteiger partial charge in [0.1, 0.15) is 0 Å². The van der Waals surface area contributed by atoms with E-state index in [0.717, 1.165) is 5.69 Å². The number of hydrogen-bond acceptors (Lipinski definition) is 2. The van der Waals surface area contributed by atoms with Crippen LogP contribution < -0.4 is 4.90 Å². The summed E-state index contributed by atoms with van der Waals surface area (Å²) in [4.78, 5) is 2.51. The fraction of sp³-hybridized carbons (Fsp3) is 0.0638. The minimum Gasteiger partial charge on any atom is -0.308 e. The van der Waals surface area contributed by atoms with E-state index in [9.17, 15) is 0 Å². The molecule has 0 fully saturated rings. The van der Waals surface area contributed by atoms with Gasteiger partial charge in [-0.3, -0.25) is 0 Å². The molecule has 1 aliphatic rings. The van der Waals surface area contributed by atoms with Crippen LogP contribution in [0, 0.1) is 0 Å². The van der Waals surface area contributed by atoms with Crippen LogP contribution in [-0.2, 0) is 5.41 Å². The summed E-state index contributed by atoms with van der Waals surface area (Å²) >= 11 is 1.89. The van der Waals surface area contributed by atoms with Gasteiger partial charge in [-0.25, -0.2) is 0 Å². The van der Waals surface area contributed by atoms with Crippen molar-refractivity contribution in [3.05, 3.63) is 175 Å². The third kappa shape index (κ3) is 4.17. The fourth-order valence-corrected chi connectivity index (χ4v) is 9.53. The molecule has 2 heteroatoms. The van der Waals surface area contributed by atoms with Crippen molar-refractivity contribution >= 4 is 70.1 Å². The molecule has 1 heterocycles. The molecular weight excluding hydrogens is 611 g/mol. The summed E-state index contributed by atoms with van der Waals surface area (Å²) in [6.45, 7) is 4.72. The molecule has 1 aliphatic carbocycles. The van der Waals surface area contributed by atoms with Crippen molar-refractivity contribution in [3.8, 4) is 22.3 Å². The molecule has 0 N–H and O–H groups in total. The molecule has 0 aliphatic heterocycles. The Kier molecular flexibility index (Phi) is 6.16. The molecule has 49 heavy (non-hydrogen) atoms. The van der Waals surface area contributed by atoms with Crippen molar-refractivity contribution in [2.75, 3.05) is 4.90 Å². The number of nitrogens with zero attached hydrogens (tertiary/aromatic N) is 1. The first-order valence-electron chi connectivity index (χ1n) is 17.0. The number of benzene rings is 8. The number of anilines is 3. The molecule has 0 radical (unpaired) electrons. The van der Waals surface area contributed by atoms with Gasteiger partial charge in [0.15, 0.2) is 0 Å². The Morgan fingerprint density at radius 1 is 0.449 bits per heavy atom. The van der Waals surface area contributed by atoms with Gasteiger partial charge < -0.3 is 4.90 Å². The van der Waals surface area contributed by atoms with Gasteiger partial charge in [-0.15, -0.1) is 11.3 Å². The van der Waals surface area contributed by atoms with E-state index < -0.39 is 0 Å². The van der Waals surface area contributed by atoms with Gasteiger partial charge in [-0.2, -0.15) is 0 Å².